The van der Waals surface area contributed by atoms with E-state index in [-0.39, 0.29) is 23.8 Å². The van der Waals surface area contributed by atoms with Crippen LogP contribution in [0.15, 0.2) is 0 Å². The molecule has 1 atom stereocenters. The quantitative estimate of drug-likeness (QED) is 0.782. The van der Waals surface area contributed by atoms with Crippen LogP contribution in [-0.4, -0.2) is 48.4 Å². The fourth-order valence-electron chi connectivity index (χ4n) is 2.80. The summed E-state index contributed by atoms with van der Waals surface area (Å²) in [6.45, 7) is 11.3. The van der Waals surface area contributed by atoms with Crippen LogP contribution < -0.4 is 0 Å². The molecule has 0 radical (unpaired) electrons. The van der Waals surface area contributed by atoms with Crippen LogP contribution in [-0.2, 0) is 4.79 Å². The maximum absolute atomic E-state index is 12.4. The third-order valence-corrected chi connectivity index (χ3v) is 3.68. The van der Waals surface area contributed by atoms with E-state index in [2.05, 4.69) is 38.7 Å². The first-order valence-corrected chi connectivity index (χ1v) is 7.13. The molecule has 0 bridgehead atoms. The number of hydrogen-bond donors (Lipinski definition) is 0. The third-order valence-electron chi connectivity index (χ3n) is 3.68. The van der Waals surface area contributed by atoms with Gasteiger partial charge in [-0.2, -0.15) is 5.26 Å². The van der Waals surface area contributed by atoms with Gasteiger partial charge in [0.1, 0.15) is 6.04 Å². The zero-order chi connectivity index (χ0) is 14.6. The van der Waals surface area contributed by atoms with Gasteiger partial charge in [0.15, 0.2) is 0 Å². The molecule has 4 heteroatoms. The first-order chi connectivity index (χ1) is 8.76. The summed E-state index contributed by atoms with van der Waals surface area (Å²) in [4.78, 5) is 16.4. The number of carbonyl (C=O) groups excluding carboxylic acids is 1. The fraction of sp³-hybridized carbons (Fsp3) is 0.867. The lowest BCUT2D eigenvalue weighted by Crippen LogP contribution is -2.45. The van der Waals surface area contributed by atoms with E-state index in [1.54, 1.807) is 4.90 Å². The van der Waals surface area contributed by atoms with E-state index in [9.17, 15) is 4.79 Å². The summed E-state index contributed by atoms with van der Waals surface area (Å²) in [5.74, 6) is 0.706. The van der Waals surface area contributed by atoms with Crippen molar-refractivity contribution in [2.75, 3.05) is 26.7 Å². The summed E-state index contributed by atoms with van der Waals surface area (Å²) in [6, 6.07) is 1.90. The van der Waals surface area contributed by atoms with Crippen LogP contribution in [0.4, 0.5) is 0 Å². The second-order valence-corrected chi connectivity index (χ2v) is 6.89. The molecule has 0 aliphatic carbocycles. The third kappa shape index (κ3) is 4.50. The molecule has 19 heavy (non-hydrogen) atoms. The van der Waals surface area contributed by atoms with Crippen LogP contribution in [0.25, 0.3) is 0 Å². The van der Waals surface area contributed by atoms with E-state index in [0.29, 0.717) is 5.92 Å². The Kier molecular flexibility index (Phi) is 5.37. The van der Waals surface area contributed by atoms with Crippen molar-refractivity contribution in [2.24, 2.45) is 11.3 Å². The predicted octanol–water partition coefficient (Wildman–Crippen LogP) is 2.11. The average Bonchev–Trinajstić information content (AvgIpc) is 2.36. The molecule has 1 rings (SSSR count). The largest absolute Gasteiger partial charge is 0.344 e. The van der Waals surface area contributed by atoms with Gasteiger partial charge < -0.3 is 4.90 Å². The number of carbonyl (C=O) groups is 1. The molecular weight excluding hydrogens is 238 g/mol. The van der Waals surface area contributed by atoms with Crippen LogP contribution in [0.3, 0.4) is 0 Å². The topological polar surface area (TPSA) is 47.3 Å². The molecule has 1 unspecified atom stereocenters. The molecule has 0 aromatic carbocycles. The molecule has 0 aromatic rings. The van der Waals surface area contributed by atoms with Crippen LogP contribution in [0.5, 0.6) is 0 Å². The zero-order valence-electron chi connectivity index (χ0n) is 12.9. The van der Waals surface area contributed by atoms with Gasteiger partial charge in [0.25, 0.3) is 0 Å². The normalized spacial score (nSPS) is 24.4. The van der Waals surface area contributed by atoms with E-state index >= 15 is 0 Å². The monoisotopic (exact) mass is 265 g/mol. The molecule has 4 nitrogen and oxygen atoms in total. The second-order valence-electron chi connectivity index (χ2n) is 6.89. The molecule has 108 valence electrons. The van der Waals surface area contributed by atoms with Gasteiger partial charge >= 0.3 is 0 Å². The van der Waals surface area contributed by atoms with Crippen molar-refractivity contribution in [1.29, 1.82) is 5.26 Å². The highest BCUT2D eigenvalue weighted by atomic mass is 16.2. The van der Waals surface area contributed by atoms with E-state index in [1.807, 2.05) is 7.05 Å². The Hall–Kier alpha value is -1.08. The van der Waals surface area contributed by atoms with Crippen molar-refractivity contribution in [2.45, 2.75) is 46.6 Å². The number of likely N-dealkylation sites (N-methyl/N-ethyl adjacent to an activating group) is 1. The molecule has 1 aliphatic heterocycles. The zero-order valence-corrected chi connectivity index (χ0v) is 12.9. The molecule has 1 amide bonds. The number of hydrogen-bond acceptors (Lipinski definition) is 3. The lowest BCUT2D eigenvalue weighted by atomic mass is 9.92. The van der Waals surface area contributed by atoms with Gasteiger partial charge in [0.05, 0.1) is 12.5 Å². The number of rotatable bonds is 4. The maximum Gasteiger partial charge on any atom is 0.240 e. The highest BCUT2D eigenvalue weighted by Gasteiger charge is 2.37. The average molecular weight is 265 g/mol. The van der Waals surface area contributed by atoms with E-state index < -0.39 is 0 Å². The van der Waals surface area contributed by atoms with E-state index in [1.165, 1.54) is 0 Å². The Morgan fingerprint density at radius 2 is 2.05 bits per heavy atom. The highest BCUT2D eigenvalue weighted by Crippen LogP contribution is 2.26. The molecule has 0 saturated carbocycles. The summed E-state index contributed by atoms with van der Waals surface area (Å²) in [6.07, 6.45) is 1.35. The number of nitrogens with zero attached hydrogens (tertiary/aromatic N) is 3. The molecule has 1 saturated heterocycles. The molecular formula is C15H27N3O. The molecule has 0 spiro atoms. The predicted molar refractivity (Wildman–Crippen MR) is 76.5 cm³/mol. The lowest BCUT2D eigenvalue weighted by molar-refractivity contribution is -0.134. The Morgan fingerprint density at radius 1 is 1.42 bits per heavy atom. The highest BCUT2D eigenvalue weighted by molar-refractivity contribution is 5.82. The smallest absolute Gasteiger partial charge is 0.240 e. The summed E-state index contributed by atoms with van der Waals surface area (Å²) in [7, 11) is 1.85. The van der Waals surface area contributed by atoms with E-state index in [0.717, 1.165) is 26.1 Å². The van der Waals surface area contributed by atoms with Crippen LogP contribution >= 0.6 is 0 Å². The Morgan fingerprint density at radius 3 is 2.58 bits per heavy atom. The minimum Gasteiger partial charge on any atom is -0.344 e. The van der Waals surface area contributed by atoms with Crippen molar-refractivity contribution in [1.82, 2.24) is 9.80 Å². The first kappa shape index (κ1) is 16.0. The lowest BCUT2D eigenvalue weighted by Gasteiger charge is -2.32. The summed E-state index contributed by atoms with van der Waals surface area (Å²) >= 11 is 0. The van der Waals surface area contributed by atoms with Crippen molar-refractivity contribution in [3.8, 4) is 6.07 Å². The van der Waals surface area contributed by atoms with E-state index in [4.69, 9.17) is 5.26 Å². The van der Waals surface area contributed by atoms with Gasteiger partial charge in [0, 0.05) is 20.1 Å². The number of amides is 1. The second kappa shape index (κ2) is 6.38. The van der Waals surface area contributed by atoms with Gasteiger partial charge in [-0.1, -0.05) is 27.7 Å². The Bertz CT molecular complexity index is 357. The molecule has 1 fully saturated rings. The standard InChI is InChI=1S/C15H27N3O/c1-12(2)7-9-18-11-15(3,4)10-17(5)14(19)13(18)6-8-16/h12-13H,6-7,9-11H2,1-5H3. The minimum absolute atomic E-state index is 0.0750. The number of nitriles is 1. The fourth-order valence-corrected chi connectivity index (χ4v) is 2.80. The van der Waals surface area contributed by atoms with Gasteiger partial charge in [0.2, 0.25) is 5.91 Å². The van der Waals surface area contributed by atoms with Crippen LogP contribution in [0.2, 0.25) is 0 Å². The van der Waals surface area contributed by atoms with Crippen molar-refractivity contribution >= 4 is 5.91 Å². The van der Waals surface area contributed by atoms with Gasteiger partial charge in [-0.25, -0.2) is 0 Å². The summed E-state index contributed by atoms with van der Waals surface area (Å²) in [5.41, 5.74) is 0.0750. The van der Waals surface area contributed by atoms with Crippen molar-refractivity contribution < 1.29 is 4.79 Å². The van der Waals surface area contributed by atoms with Crippen LogP contribution in [0.1, 0.15) is 40.5 Å². The molecule has 0 N–H and O–H groups in total. The molecule has 1 aliphatic rings. The van der Waals surface area contributed by atoms with Gasteiger partial charge in [-0.05, 0) is 24.3 Å². The van der Waals surface area contributed by atoms with Crippen LogP contribution in [0, 0.1) is 22.7 Å². The van der Waals surface area contributed by atoms with Gasteiger partial charge in [-0.3, -0.25) is 9.69 Å². The van der Waals surface area contributed by atoms with Crippen molar-refractivity contribution in [3.05, 3.63) is 0 Å². The summed E-state index contributed by atoms with van der Waals surface area (Å²) < 4.78 is 0. The van der Waals surface area contributed by atoms with Gasteiger partial charge in [-0.15, -0.1) is 0 Å². The summed E-state index contributed by atoms with van der Waals surface area (Å²) in [5, 5.41) is 8.99. The maximum atomic E-state index is 12.4. The molecule has 0 aromatic heterocycles. The Balaban J connectivity index is 2.91. The Labute approximate surface area is 117 Å². The SMILES string of the molecule is CC(C)CCN1CC(C)(C)CN(C)C(=O)C1CC#N. The first-order valence-electron chi connectivity index (χ1n) is 7.13. The van der Waals surface area contributed by atoms with Crippen molar-refractivity contribution in [3.63, 3.8) is 0 Å². The minimum atomic E-state index is -0.268. The molecule has 1 heterocycles.